The third-order valence-electron chi connectivity index (χ3n) is 8.94. The molecule has 0 aliphatic carbocycles. The van der Waals surface area contributed by atoms with Crippen molar-refractivity contribution >= 4 is 76.4 Å². The van der Waals surface area contributed by atoms with Crippen LogP contribution in [0.25, 0.3) is 98.6 Å². The fourth-order valence-electron chi connectivity index (χ4n) is 7.11. The number of rotatable bonds is 2. The van der Waals surface area contributed by atoms with E-state index >= 15 is 0 Å². The summed E-state index contributed by atoms with van der Waals surface area (Å²) in [5.41, 5.74) is 9.15. The molecule has 0 fully saturated rings. The van der Waals surface area contributed by atoms with Gasteiger partial charge in [0.1, 0.15) is 27.9 Å². The molecule has 0 atom stereocenters. The van der Waals surface area contributed by atoms with Crippen molar-refractivity contribution in [2.75, 3.05) is 0 Å². The van der Waals surface area contributed by atoms with Crippen LogP contribution < -0.4 is 0 Å². The van der Waals surface area contributed by atoms with Crippen molar-refractivity contribution in [1.82, 2.24) is 0 Å². The molecule has 0 saturated heterocycles. The van der Waals surface area contributed by atoms with E-state index in [4.69, 9.17) is 13.3 Å². The first-order chi connectivity index (χ1) is 21.3. The van der Waals surface area contributed by atoms with Crippen LogP contribution in [-0.2, 0) is 0 Å². The quantitative estimate of drug-likeness (QED) is 0.201. The molecular formula is C40H22O3. The van der Waals surface area contributed by atoms with Gasteiger partial charge in [-0.2, -0.15) is 0 Å². The molecule has 0 aliphatic heterocycles. The second-order valence-corrected chi connectivity index (χ2v) is 11.2. The van der Waals surface area contributed by atoms with Crippen molar-refractivity contribution in [1.29, 1.82) is 0 Å². The minimum Gasteiger partial charge on any atom is -0.464 e. The van der Waals surface area contributed by atoms with Crippen LogP contribution in [-0.4, -0.2) is 0 Å². The van der Waals surface area contributed by atoms with E-state index in [-0.39, 0.29) is 0 Å². The molecule has 3 heterocycles. The molecule has 43 heavy (non-hydrogen) atoms. The summed E-state index contributed by atoms with van der Waals surface area (Å²) >= 11 is 0. The SMILES string of the molecule is c1ccc2c(c1)oc1ccc3oc4cc(-c5c6ccccc6c(-c6ccc7occc7c6)c6ccccc56)ccc4c3c12. The van der Waals surface area contributed by atoms with E-state index in [0.29, 0.717) is 0 Å². The second-order valence-electron chi connectivity index (χ2n) is 11.2. The van der Waals surface area contributed by atoms with Gasteiger partial charge in [-0.05, 0) is 92.3 Å². The Kier molecular flexibility index (Phi) is 4.45. The Morgan fingerprint density at radius 2 is 0.860 bits per heavy atom. The van der Waals surface area contributed by atoms with Crippen molar-refractivity contribution < 1.29 is 13.3 Å². The van der Waals surface area contributed by atoms with Gasteiger partial charge in [-0.1, -0.05) is 78.9 Å². The van der Waals surface area contributed by atoms with E-state index in [1.165, 1.54) is 38.2 Å². The number of furan rings is 3. The van der Waals surface area contributed by atoms with Crippen molar-refractivity contribution in [3.63, 3.8) is 0 Å². The lowest BCUT2D eigenvalue weighted by atomic mass is 9.85. The van der Waals surface area contributed by atoms with Gasteiger partial charge >= 0.3 is 0 Å². The van der Waals surface area contributed by atoms with Gasteiger partial charge in [0.2, 0.25) is 0 Å². The fraction of sp³-hybridized carbons (Fsp3) is 0. The van der Waals surface area contributed by atoms with Crippen molar-refractivity contribution in [3.8, 4) is 22.3 Å². The molecule has 10 aromatic rings. The highest BCUT2D eigenvalue weighted by Crippen LogP contribution is 2.46. The van der Waals surface area contributed by atoms with Gasteiger partial charge in [0.25, 0.3) is 0 Å². The molecule has 0 bridgehead atoms. The fourth-order valence-corrected chi connectivity index (χ4v) is 7.11. The highest BCUT2D eigenvalue weighted by molar-refractivity contribution is 6.27. The topological polar surface area (TPSA) is 39.4 Å². The van der Waals surface area contributed by atoms with E-state index in [1.54, 1.807) is 6.26 Å². The van der Waals surface area contributed by atoms with Crippen LogP contribution >= 0.6 is 0 Å². The van der Waals surface area contributed by atoms with Crippen molar-refractivity contribution in [2.24, 2.45) is 0 Å². The number of hydrogen-bond donors (Lipinski definition) is 0. The molecule has 3 heteroatoms. The molecule has 0 N–H and O–H groups in total. The maximum atomic E-state index is 6.54. The molecule has 200 valence electrons. The molecule has 0 unspecified atom stereocenters. The summed E-state index contributed by atoms with van der Waals surface area (Å²) in [7, 11) is 0. The van der Waals surface area contributed by atoms with Gasteiger partial charge in [0.15, 0.2) is 0 Å². The highest BCUT2D eigenvalue weighted by atomic mass is 16.3. The third-order valence-corrected chi connectivity index (χ3v) is 8.94. The first-order valence-corrected chi connectivity index (χ1v) is 14.5. The van der Waals surface area contributed by atoms with Crippen LogP contribution in [0.1, 0.15) is 0 Å². The van der Waals surface area contributed by atoms with Gasteiger partial charge in [-0.25, -0.2) is 0 Å². The third kappa shape index (κ3) is 3.14. The zero-order valence-corrected chi connectivity index (χ0v) is 22.9. The summed E-state index contributed by atoms with van der Waals surface area (Å²) in [5.74, 6) is 0. The highest BCUT2D eigenvalue weighted by Gasteiger charge is 2.20. The van der Waals surface area contributed by atoms with Crippen molar-refractivity contribution in [3.05, 3.63) is 134 Å². The van der Waals surface area contributed by atoms with Gasteiger partial charge in [-0.3, -0.25) is 0 Å². The lowest BCUT2D eigenvalue weighted by Gasteiger charge is -2.17. The van der Waals surface area contributed by atoms with E-state index in [1.807, 2.05) is 30.3 Å². The van der Waals surface area contributed by atoms with Crippen LogP contribution in [0.3, 0.4) is 0 Å². The zero-order valence-electron chi connectivity index (χ0n) is 22.9. The summed E-state index contributed by atoms with van der Waals surface area (Å²) < 4.78 is 18.4. The monoisotopic (exact) mass is 550 g/mol. The van der Waals surface area contributed by atoms with Gasteiger partial charge in [-0.15, -0.1) is 0 Å². The van der Waals surface area contributed by atoms with Gasteiger partial charge in [0, 0.05) is 26.9 Å². The number of para-hydroxylation sites is 1. The first-order valence-electron chi connectivity index (χ1n) is 14.5. The molecule has 0 saturated carbocycles. The Morgan fingerprint density at radius 1 is 0.349 bits per heavy atom. The molecule has 0 aliphatic rings. The normalized spacial score (nSPS) is 12.2. The maximum absolute atomic E-state index is 6.54. The number of benzene rings is 7. The summed E-state index contributed by atoms with van der Waals surface area (Å²) in [6, 6.07) is 44.9. The average molecular weight is 551 g/mol. The summed E-state index contributed by atoms with van der Waals surface area (Å²) in [4.78, 5) is 0. The molecule has 0 spiro atoms. The first kappa shape index (κ1) is 22.8. The largest absolute Gasteiger partial charge is 0.464 e. The average Bonchev–Trinajstić information content (AvgIpc) is 3.77. The molecule has 7 aromatic carbocycles. The van der Waals surface area contributed by atoms with Crippen LogP contribution in [0.4, 0.5) is 0 Å². The van der Waals surface area contributed by atoms with E-state index in [9.17, 15) is 0 Å². The smallest absolute Gasteiger partial charge is 0.136 e. The minimum atomic E-state index is 0.867. The van der Waals surface area contributed by atoms with Crippen molar-refractivity contribution in [2.45, 2.75) is 0 Å². The predicted octanol–water partition coefficient (Wildman–Crippen LogP) is 11.9. The maximum Gasteiger partial charge on any atom is 0.136 e. The van der Waals surface area contributed by atoms with Gasteiger partial charge in [0.05, 0.1) is 6.26 Å². The zero-order chi connectivity index (χ0) is 28.1. The second kappa shape index (κ2) is 8.37. The standard InChI is InChI=1S/C40H22O3/c1-3-9-28-26(7-1)37(24-14-16-32-23(21-24)19-20-41-32)27-8-2-4-10-29(27)38(28)25-13-15-31-36(22-25)43-35-18-17-34-39(40(31)35)30-11-5-6-12-33(30)42-34/h1-22H. The van der Waals surface area contributed by atoms with E-state index < -0.39 is 0 Å². The Balaban J connectivity index is 1.28. The Bertz CT molecular complexity index is 2680. The number of fused-ring (bicyclic) bond motifs is 10. The summed E-state index contributed by atoms with van der Waals surface area (Å²) in [6.45, 7) is 0. The number of hydrogen-bond acceptors (Lipinski definition) is 3. The molecule has 3 aromatic heterocycles. The molecule has 10 rings (SSSR count). The Labute approximate surface area is 245 Å². The molecule has 3 nitrogen and oxygen atoms in total. The minimum absolute atomic E-state index is 0.867. The van der Waals surface area contributed by atoms with Crippen LogP contribution in [0.2, 0.25) is 0 Å². The summed E-state index contributed by atoms with van der Waals surface area (Å²) in [5, 5.41) is 10.4. The van der Waals surface area contributed by atoms with Crippen LogP contribution in [0.5, 0.6) is 0 Å². The molecule has 0 amide bonds. The van der Waals surface area contributed by atoms with E-state index in [0.717, 1.165) is 60.4 Å². The Hall–Kier alpha value is -5.80. The lowest BCUT2D eigenvalue weighted by Crippen LogP contribution is -1.90. The van der Waals surface area contributed by atoms with E-state index in [2.05, 4.69) is 97.1 Å². The lowest BCUT2D eigenvalue weighted by molar-refractivity contribution is 0.616. The Morgan fingerprint density at radius 3 is 1.53 bits per heavy atom. The molecule has 0 radical (unpaired) electrons. The van der Waals surface area contributed by atoms with Crippen LogP contribution in [0.15, 0.2) is 147 Å². The van der Waals surface area contributed by atoms with Gasteiger partial charge < -0.3 is 13.3 Å². The summed E-state index contributed by atoms with van der Waals surface area (Å²) in [6.07, 6.45) is 1.75. The molecular weight excluding hydrogens is 528 g/mol. The van der Waals surface area contributed by atoms with Crippen LogP contribution in [0, 0.1) is 0 Å². The predicted molar refractivity (Wildman–Crippen MR) is 177 cm³/mol.